The van der Waals surface area contributed by atoms with E-state index < -0.39 is 0 Å². The molecule has 1 saturated carbocycles. The van der Waals surface area contributed by atoms with Crippen molar-refractivity contribution >= 4 is 11.7 Å². The molecule has 0 spiro atoms. The third-order valence-electron chi connectivity index (χ3n) is 4.91. The lowest BCUT2D eigenvalue weighted by Gasteiger charge is -2.28. The van der Waals surface area contributed by atoms with Crippen LogP contribution in [0.1, 0.15) is 48.9 Å². The highest BCUT2D eigenvalue weighted by molar-refractivity contribution is 5.94. The number of hydrogen-bond donors (Lipinski definition) is 2. The zero-order valence-electron chi connectivity index (χ0n) is 13.3. The summed E-state index contributed by atoms with van der Waals surface area (Å²) in [6, 6.07) is 4.78. The maximum atomic E-state index is 12.3. The minimum absolute atomic E-state index is 0.00776. The summed E-state index contributed by atoms with van der Waals surface area (Å²) in [6.07, 6.45) is 8.55. The topological polar surface area (TPSA) is 57.3 Å². The van der Waals surface area contributed by atoms with Crippen molar-refractivity contribution in [2.45, 2.75) is 50.6 Å². The fraction of sp³-hybridized carbons (Fsp3) is 0.647. The summed E-state index contributed by atoms with van der Waals surface area (Å²) in [5, 5.41) is 6.46. The molecule has 5 heteroatoms. The second-order valence-electron chi connectivity index (χ2n) is 6.41. The summed E-state index contributed by atoms with van der Waals surface area (Å²) < 4.78 is 0. The van der Waals surface area contributed by atoms with Gasteiger partial charge in [-0.15, -0.1) is 0 Å². The van der Waals surface area contributed by atoms with E-state index in [1.165, 1.54) is 12.8 Å². The van der Waals surface area contributed by atoms with Gasteiger partial charge in [0.2, 0.25) is 0 Å². The highest BCUT2D eigenvalue weighted by Crippen LogP contribution is 2.20. The van der Waals surface area contributed by atoms with Gasteiger partial charge in [-0.05, 0) is 57.7 Å². The van der Waals surface area contributed by atoms with Gasteiger partial charge in [-0.3, -0.25) is 4.79 Å². The number of pyridine rings is 1. The van der Waals surface area contributed by atoms with Gasteiger partial charge in [0.25, 0.3) is 5.91 Å². The second kappa shape index (κ2) is 7.09. The van der Waals surface area contributed by atoms with Crippen molar-refractivity contribution in [1.82, 2.24) is 15.6 Å². The molecule has 2 N–H and O–H groups in total. The molecule has 0 aromatic carbocycles. The summed E-state index contributed by atoms with van der Waals surface area (Å²) in [5.41, 5.74) is 0.665. The van der Waals surface area contributed by atoms with Gasteiger partial charge in [0, 0.05) is 31.4 Å². The number of anilines is 1. The molecular formula is C17H26N4O. The number of nitrogens with one attached hydrogen (secondary N) is 2. The van der Waals surface area contributed by atoms with Crippen LogP contribution in [0.5, 0.6) is 0 Å². The summed E-state index contributed by atoms with van der Waals surface area (Å²) >= 11 is 0. The van der Waals surface area contributed by atoms with Crippen LogP contribution in [0.3, 0.4) is 0 Å². The van der Waals surface area contributed by atoms with Crippen molar-refractivity contribution in [2.75, 3.05) is 25.0 Å². The van der Waals surface area contributed by atoms with Crippen LogP contribution in [0.15, 0.2) is 18.3 Å². The molecule has 3 rings (SSSR count). The zero-order chi connectivity index (χ0) is 15.4. The summed E-state index contributed by atoms with van der Waals surface area (Å²) in [6.45, 7) is 2.15. The van der Waals surface area contributed by atoms with E-state index in [1.54, 1.807) is 6.20 Å². The largest absolute Gasteiger partial charge is 0.357 e. The number of carbonyl (C=O) groups excluding carboxylic acids is 1. The molecule has 2 fully saturated rings. The number of amides is 1. The molecule has 1 amide bonds. The molecule has 5 nitrogen and oxygen atoms in total. The van der Waals surface area contributed by atoms with E-state index in [0.717, 1.165) is 44.6 Å². The molecule has 2 aliphatic rings. The quantitative estimate of drug-likeness (QED) is 0.892. The van der Waals surface area contributed by atoms with Crippen LogP contribution >= 0.6 is 0 Å². The lowest BCUT2D eigenvalue weighted by Crippen LogP contribution is -2.41. The predicted molar refractivity (Wildman–Crippen MR) is 88.3 cm³/mol. The Morgan fingerprint density at radius 1 is 1.14 bits per heavy atom. The van der Waals surface area contributed by atoms with Gasteiger partial charge in [0.15, 0.2) is 0 Å². The first kappa shape index (κ1) is 15.3. The number of aromatic nitrogens is 1. The van der Waals surface area contributed by atoms with Crippen LogP contribution < -0.4 is 15.5 Å². The molecule has 0 bridgehead atoms. The smallest absolute Gasteiger partial charge is 0.253 e. The highest BCUT2D eigenvalue weighted by atomic mass is 16.1. The fourth-order valence-electron chi connectivity index (χ4n) is 3.45. The third kappa shape index (κ3) is 3.58. The summed E-state index contributed by atoms with van der Waals surface area (Å²) in [4.78, 5) is 19.0. The standard InChI is InChI=1S/C17H26N4O/c1-18-14-5-7-15(8-6-14)20-17(22)13-4-9-16(19-12-13)21-10-2-3-11-21/h4,9,12,14-15,18H,2-3,5-8,10-11H2,1H3,(H,20,22). The predicted octanol–water partition coefficient (Wildman–Crippen LogP) is 1.94. The van der Waals surface area contributed by atoms with Gasteiger partial charge in [-0.25, -0.2) is 4.98 Å². The molecule has 2 heterocycles. The van der Waals surface area contributed by atoms with Gasteiger partial charge in [-0.2, -0.15) is 0 Å². The zero-order valence-corrected chi connectivity index (χ0v) is 13.3. The van der Waals surface area contributed by atoms with Crippen molar-refractivity contribution < 1.29 is 4.79 Å². The number of hydrogen-bond acceptors (Lipinski definition) is 4. The molecule has 1 aromatic heterocycles. The molecule has 0 atom stereocenters. The van der Waals surface area contributed by atoms with Crippen LogP contribution in [0.2, 0.25) is 0 Å². The first-order valence-electron chi connectivity index (χ1n) is 8.45. The third-order valence-corrected chi connectivity index (χ3v) is 4.91. The van der Waals surface area contributed by atoms with E-state index in [-0.39, 0.29) is 5.91 Å². The Balaban J connectivity index is 1.54. The lowest BCUT2D eigenvalue weighted by atomic mass is 9.91. The van der Waals surface area contributed by atoms with Gasteiger partial charge in [-0.1, -0.05) is 0 Å². The molecule has 1 aliphatic carbocycles. The normalized spacial score (nSPS) is 25.2. The molecule has 0 radical (unpaired) electrons. The Labute approximate surface area is 132 Å². The van der Waals surface area contributed by atoms with Crippen LogP contribution in [0.4, 0.5) is 5.82 Å². The SMILES string of the molecule is CNC1CCC(NC(=O)c2ccc(N3CCCC3)nc2)CC1. The molecular weight excluding hydrogens is 276 g/mol. The van der Waals surface area contributed by atoms with Crippen molar-refractivity contribution in [3.8, 4) is 0 Å². The van der Waals surface area contributed by atoms with Crippen molar-refractivity contribution in [3.05, 3.63) is 23.9 Å². The number of nitrogens with zero attached hydrogens (tertiary/aromatic N) is 2. The Morgan fingerprint density at radius 3 is 2.41 bits per heavy atom. The van der Waals surface area contributed by atoms with E-state index in [2.05, 4.69) is 20.5 Å². The average Bonchev–Trinajstić information content (AvgIpc) is 3.10. The Morgan fingerprint density at radius 2 is 1.82 bits per heavy atom. The van der Waals surface area contributed by atoms with Gasteiger partial charge >= 0.3 is 0 Å². The number of carbonyl (C=O) groups is 1. The van der Waals surface area contributed by atoms with Gasteiger partial charge in [0.05, 0.1) is 5.56 Å². The maximum Gasteiger partial charge on any atom is 0.253 e. The Hall–Kier alpha value is -1.62. The Kier molecular flexibility index (Phi) is 4.93. The van der Waals surface area contributed by atoms with Gasteiger partial charge < -0.3 is 15.5 Å². The highest BCUT2D eigenvalue weighted by Gasteiger charge is 2.22. The summed E-state index contributed by atoms with van der Waals surface area (Å²) in [5.74, 6) is 0.997. The average molecular weight is 302 g/mol. The van der Waals surface area contributed by atoms with E-state index >= 15 is 0 Å². The molecule has 22 heavy (non-hydrogen) atoms. The van der Waals surface area contributed by atoms with Gasteiger partial charge in [0.1, 0.15) is 5.82 Å². The first-order valence-corrected chi connectivity index (χ1v) is 8.45. The minimum Gasteiger partial charge on any atom is -0.357 e. The van der Waals surface area contributed by atoms with Crippen LogP contribution in [-0.4, -0.2) is 43.1 Å². The minimum atomic E-state index is 0.00776. The van der Waals surface area contributed by atoms with E-state index in [9.17, 15) is 4.79 Å². The molecule has 1 aromatic rings. The molecule has 1 aliphatic heterocycles. The van der Waals surface area contributed by atoms with Crippen molar-refractivity contribution in [1.29, 1.82) is 0 Å². The first-order chi connectivity index (χ1) is 10.8. The summed E-state index contributed by atoms with van der Waals surface area (Å²) in [7, 11) is 2.01. The number of rotatable bonds is 4. The van der Waals surface area contributed by atoms with E-state index in [4.69, 9.17) is 0 Å². The van der Waals surface area contributed by atoms with Crippen molar-refractivity contribution in [2.24, 2.45) is 0 Å². The van der Waals surface area contributed by atoms with E-state index in [1.807, 2.05) is 19.2 Å². The molecule has 1 saturated heterocycles. The second-order valence-corrected chi connectivity index (χ2v) is 6.41. The van der Waals surface area contributed by atoms with Crippen LogP contribution in [0.25, 0.3) is 0 Å². The van der Waals surface area contributed by atoms with Crippen LogP contribution in [0, 0.1) is 0 Å². The fourth-order valence-corrected chi connectivity index (χ4v) is 3.45. The maximum absolute atomic E-state index is 12.3. The lowest BCUT2D eigenvalue weighted by molar-refractivity contribution is 0.0924. The monoisotopic (exact) mass is 302 g/mol. The van der Waals surface area contributed by atoms with Crippen LogP contribution in [-0.2, 0) is 0 Å². The molecule has 120 valence electrons. The Bertz CT molecular complexity index is 488. The van der Waals surface area contributed by atoms with E-state index in [0.29, 0.717) is 17.6 Å². The van der Waals surface area contributed by atoms with Crippen molar-refractivity contribution in [3.63, 3.8) is 0 Å². The molecule has 0 unspecified atom stereocenters.